The molecule has 0 fully saturated rings. The van der Waals surface area contributed by atoms with Crippen molar-refractivity contribution < 1.29 is 9.53 Å². The first-order chi connectivity index (χ1) is 13.6. The van der Waals surface area contributed by atoms with Crippen LogP contribution < -0.4 is 0 Å². The van der Waals surface area contributed by atoms with Crippen LogP contribution in [0.2, 0.25) is 0 Å². The number of nitrogens with zero attached hydrogens (tertiary/aromatic N) is 1. The average Bonchev–Trinajstić information content (AvgIpc) is 3.01. The molecule has 136 valence electrons. The lowest BCUT2D eigenvalue weighted by Crippen LogP contribution is -2.29. The number of hydrogen-bond acceptors (Lipinski definition) is 3. The van der Waals surface area contributed by atoms with Crippen molar-refractivity contribution in [3.8, 4) is 0 Å². The molecule has 3 nitrogen and oxygen atoms in total. The molecule has 4 aromatic carbocycles. The lowest BCUT2D eigenvalue weighted by molar-refractivity contribution is -0.123. The normalized spacial score (nSPS) is 19.0. The monoisotopic (exact) mass is 383 g/mol. The fourth-order valence-corrected chi connectivity index (χ4v) is 4.52. The molecular weight excluding hydrogens is 366 g/mol. The second-order valence-electron chi connectivity index (χ2n) is 6.91. The van der Waals surface area contributed by atoms with Gasteiger partial charge in [-0.1, -0.05) is 78.5 Å². The van der Waals surface area contributed by atoms with Crippen molar-refractivity contribution in [3.63, 3.8) is 0 Å². The Morgan fingerprint density at radius 1 is 0.821 bits per heavy atom. The number of carbonyl (C=O) groups excluding carboxylic acids is 1. The van der Waals surface area contributed by atoms with E-state index in [1.807, 2.05) is 60.7 Å². The van der Waals surface area contributed by atoms with Crippen molar-refractivity contribution in [1.82, 2.24) is 0 Å². The fourth-order valence-electron chi connectivity index (χ4n) is 3.49. The summed E-state index contributed by atoms with van der Waals surface area (Å²) in [4.78, 5) is 16.9. The van der Waals surface area contributed by atoms with Crippen LogP contribution in [0.15, 0.2) is 94.8 Å². The van der Waals surface area contributed by atoms with Gasteiger partial charge >= 0.3 is 5.91 Å². The lowest BCUT2D eigenvalue weighted by Gasteiger charge is -2.21. The molecule has 0 aliphatic carbocycles. The number of fused-ring (bicyclic) bond motifs is 2. The van der Waals surface area contributed by atoms with Gasteiger partial charge in [0.1, 0.15) is 0 Å². The van der Waals surface area contributed by atoms with Crippen LogP contribution >= 0.6 is 11.8 Å². The number of benzene rings is 4. The lowest BCUT2D eigenvalue weighted by atomic mass is 10.0. The minimum absolute atomic E-state index is 0.270. The Kier molecular flexibility index (Phi) is 3.95. The molecule has 4 aromatic rings. The van der Waals surface area contributed by atoms with Gasteiger partial charge in [-0.15, -0.1) is 0 Å². The predicted molar refractivity (Wildman–Crippen MR) is 115 cm³/mol. The molecule has 0 spiro atoms. The summed E-state index contributed by atoms with van der Waals surface area (Å²) in [6.45, 7) is 1.79. The minimum Gasteiger partial charge on any atom is -0.449 e. The zero-order valence-electron chi connectivity index (χ0n) is 15.3. The van der Waals surface area contributed by atoms with Gasteiger partial charge in [0.2, 0.25) is 10.8 Å². The smallest absolute Gasteiger partial charge is 0.303 e. The number of carbonyl (C=O) groups is 1. The maximum atomic E-state index is 12.8. The van der Waals surface area contributed by atoms with Gasteiger partial charge in [0.05, 0.1) is 0 Å². The topological polar surface area (TPSA) is 38.7 Å². The van der Waals surface area contributed by atoms with E-state index in [4.69, 9.17) is 4.74 Å². The maximum absolute atomic E-state index is 12.8. The summed E-state index contributed by atoms with van der Waals surface area (Å²) in [5, 5.41) is 4.42. The van der Waals surface area contributed by atoms with Gasteiger partial charge in [-0.25, -0.2) is 0 Å². The molecule has 28 heavy (non-hydrogen) atoms. The van der Waals surface area contributed by atoms with Crippen molar-refractivity contribution >= 4 is 45.1 Å². The molecule has 0 N–H and O–H groups in total. The van der Waals surface area contributed by atoms with E-state index >= 15 is 0 Å². The first-order valence-corrected chi connectivity index (χ1v) is 9.92. The van der Waals surface area contributed by atoms with E-state index in [-0.39, 0.29) is 5.91 Å². The molecule has 5 rings (SSSR count). The van der Waals surface area contributed by atoms with E-state index in [9.17, 15) is 4.79 Å². The Balaban J connectivity index is 1.48. The molecule has 0 unspecified atom stereocenters. The molecule has 1 heterocycles. The number of thioether (sulfide) groups is 1. The van der Waals surface area contributed by atoms with Crippen LogP contribution in [0.25, 0.3) is 21.5 Å². The van der Waals surface area contributed by atoms with Gasteiger partial charge in [0, 0.05) is 10.5 Å². The summed E-state index contributed by atoms with van der Waals surface area (Å²) >= 11 is 1.39. The van der Waals surface area contributed by atoms with E-state index in [1.54, 1.807) is 6.92 Å². The second-order valence-corrected chi connectivity index (χ2v) is 8.36. The van der Waals surface area contributed by atoms with Crippen LogP contribution in [-0.4, -0.2) is 16.7 Å². The van der Waals surface area contributed by atoms with E-state index < -0.39 is 4.93 Å². The van der Waals surface area contributed by atoms with Gasteiger partial charge in [-0.05, 0) is 46.7 Å². The second kappa shape index (κ2) is 6.50. The number of amides is 1. The van der Waals surface area contributed by atoms with Crippen LogP contribution in [0, 0.1) is 0 Å². The molecule has 0 saturated carbocycles. The number of hydrogen-bond donors (Lipinski definition) is 0. The van der Waals surface area contributed by atoms with Gasteiger partial charge in [-0.2, -0.15) is 4.99 Å². The van der Waals surface area contributed by atoms with Crippen LogP contribution in [0.3, 0.4) is 0 Å². The SMILES string of the molecule is C[C@@]1(Sc2ccc3ccccc3c2)OC(c2cccc3ccccc23)=NC1=O. The largest absolute Gasteiger partial charge is 0.449 e. The zero-order valence-corrected chi connectivity index (χ0v) is 16.1. The molecule has 1 aliphatic heterocycles. The van der Waals surface area contributed by atoms with Crippen LogP contribution in [0.4, 0.5) is 0 Å². The van der Waals surface area contributed by atoms with Gasteiger partial charge in [-0.3, -0.25) is 4.79 Å². The highest BCUT2D eigenvalue weighted by atomic mass is 32.2. The van der Waals surface area contributed by atoms with E-state index in [2.05, 4.69) is 29.3 Å². The molecule has 4 heteroatoms. The Bertz CT molecular complexity index is 1260. The molecule has 0 saturated heterocycles. The summed E-state index contributed by atoms with van der Waals surface area (Å²) in [6, 6.07) is 28.3. The third kappa shape index (κ3) is 2.86. The van der Waals surface area contributed by atoms with Crippen molar-refractivity contribution in [1.29, 1.82) is 0 Å². The summed E-state index contributed by atoms with van der Waals surface area (Å²) in [7, 11) is 0. The molecule has 1 amide bonds. The summed E-state index contributed by atoms with van der Waals surface area (Å²) in [6.07, 6.45) is 0. The summed E-state index contributed by atoms with van der Waals surface area (Å²) < 4.78 is 6.13. The Hall–Kier alpha value is -3.11. The zero-order chi connectivity index (χ0) is 19.1. The highest BCUT2D eigenvalue weighted by Crippen LogP contribution is 2.40. The van der Waals surface area contributed by atoms with E-state index in [1.165, 1.54) is 17.1 Å². The molecule has 0 radical (unpaired) electrons. The fraction of sp³-hybridized carbons (Fsp3) is 0.0833. The first-order valence-electron chi connectivity index (χ1n) is 9.10. The maximum Gasteiger partial charge on any atom is 0.303 e. The highest BCUT2D eigenvalue weighted by Gasteiger charge is 2.44. The molecule has 1 atom stereocenters. The minimum atomic E-state index is -1.07. The molecule has 0 aromatic heterocycles. The average molecular weight is 383 g/mol. The molecule has 0 bridgehead atoms. The van der Waals surface area contributed by atoms with Gasteiger partial charge in [0.25, 0.3) is 0 Å². The van der Waals surface area contributed by atoms with Crippen molar-refractivity contribution in [2.24, 2.45) is 4.99 Å². The highest BCUT2D eigenvalue weighted by molar-refractivity contribution is 8.01. The first kappa shape index (κ1) is 17.0. The van der Waals surface area contributed by atoms with Crippen molar-refractivity contribution in [2.75, 3.05) is 0 Å². The predicted octanol–water partition coefficient (Wildman–Crippen LogP) is 5.80. The van der Waals surface area contributed by atoms with Gasteiger partial charge in [0.15, 0.2) is 0 Å². The van der Waals surface area contributed by atoms with Crippen LogP contribution in [0.5, 0.6) is 0 Å². The van der Waals surface area contributed by atoms with Crippen LogP contribution in [0.1, 0.15) is 12.5 Å². The van der Waals surface area contributed by atoms with E-state index in [0.717, 1.165) is 26.6 Å². The quantitative estimate of drug-likeness (QED) is 0.448. The summed E-state index contributed by atoms with van der Waals surface area (Å²) in [5.74, 6) is 0.117. The van der Waals surface area contributed by atoms with E-state index in [0.29, 0.717) is 5.90 Å². The van der Waals surface area contributed by atoms with Gasteiger partial charge < -0.3 is 4.74 Å². The number of aliphatic imine (C=N–C) groups is 1. The third-order valence-electron chi connectivity index (χ3n) is 4.94. The number of ether oxygens (including phenoxy) is 1. The molecular formula is C24H17NO2S. The Morgan fingerprint density at radius 2 is 1.54 bits per heavy atom. The van der Waals surface area contributed by atoms with Crippen LogP contribution in [-0.2, 0) is 9.53 Å². The number of rotatable bonds is 3. The Morgan fingerprint density at radius 3 is 2.39 bits per heavy atom. The standard InChI is InChI=1S/C24H17NO2S/c1-24(28-19-14-13-16-7-2-3-9-18(16)15-19)23(26)25-22(27-24)21-12-6-10-17-8-4-5-11-20(17)21/h2-15H,1H3/t24-/m0/s1. The summed E-state index contributed by atoms with van der Waals surface area (Å²) in [5.41, 5.74) is 0.842. The third-order valence-corrected chi connectivity index (χ3v) is 6.07. The van der Waals surface area contributed by atoms with Crippen molar-refractivity contribution in [2.45, 2.75) is 16.8 Å². The molecule has 1 aliphatic rings. The Labute approximate surface area is 167 Å². The van der Waals surface area contributed by atoms with Crippen molar-refractivity contribution in [3.05, 3.63) is 90.5 Å².